The molecule has 16 heavy (non-hydrogen) atoms. The van der Waals surface area contributed by atoms with Gasteiger partial charge in [0.2, 0.25) is 0 Å². The minimum absolute atomic E-state index is 0.130. The largest absolute Gasteiger partial charge is 0.481 e. The molecule has 0 fully saturated rings. The summed E-state index contributed by atoms with van der Waals surface area (Å²) in [4.78, 5) is 21.8. The van der Waals surface area contributed by atoms with Crippen molar-refractivity contribution in [3.05, 3.63) is 0 Å². The van der Waals surface area contributed by atoms with E-state index in [9.17, 15) is 9.59 Å². The zero-order valence-electron chi connectivity index (χ0n) is 10.1. The smallest absolute Gasteiger partial charge is 0.407 e. The second-order valence-corrected chi connectivity index (χ2v) is 4.40. The molecule has 0 unspecified atom stereocenters. The molecule has 1 amide bonds. The number of alkyl carbamates (subject to hydrolysis) is 1. The summed E-state index contributed by atoms with van der Waals surface area (Å²) in [5.74, 6) is -1.00. The van der Waals surface area contributed by atoms with Crippen molar-refractivity contribution < 1.29 is 24.2 Å². The topological polar surface area (TPSA) is 84.9 Å². The van der Waals surface area contributed by atoms with E-state index in [0.29, 0.717) is 0 Å². The minimum atomic E-state index is -1.00. The molecule has 0 aromatic heterocycles. The summed E-state index contributed by atoms with van der Waals surface area (Å²) >= 11 is 0. The van der Waals surface area contributed by atoms with Crippen LogP contribution >= 0.6 is 0 Å². The SMILES string of the molecule is COC[C@H](CC(=O)O)NC(=O)OC(C)(C)C. The number of nitrogens with one attached hydrogen (secondary N) is 1. The van der Waals surface area contributed by atoms with Gasteiger partial charge >= 0.3 is 12.1 Å². The van der Waals surface area contributed by atoms with Crippen molar-refractivity contribution in [2.45, 2.75) is 38.8 Å². The van der Waals surface area contributed by atoms with E-state index in [1.54, 1.807) is 20.8 Å². The third-order valence-corrected chi connectivity index (χ3v) is 1.51. The first-order valence-electron chi connectivity index (χ1n) is 4.95. The molecular formula is C10H19NO5. The standard InChI is InChI=1S/C10H19NO5/c1-10(2,3)16-9(14)11-7(6-15-4)5-8(12)13/h7H,5-6H2,1-4H3,(H,11,14)(H,12,13)/t7-/m0/s1. The van der Waals surface area contributed by atoms with Crippen LogP contribution in [0, 0.1) is 0 Å². The lowest BCUT2D eigenvalue weighted by Crippen LogP contribution is -2.42. The highest BCUT2D eigenvalue weighted by Gasteiger charge is 2.20. The highest BCUT2D eigenvalue weighted by Crippen LogP contribution is 2.07. The molecule has 0 aliphatic carbocycles. The maximum Gasteiger partial charge on any atom is 0.407 e. The molecule has 0 saturated heterocycles. The van der Waals surface area contributed by atoms with Crippen LogP contribution in [0.1, 0.15) is 27.2 Å². The van der Waals surface area contributed by atoms with E-state index in [2.05, 4.69) is 5.32 Å². The van der Waals surface area contributed by atoms with Crippen LogP contribution in [0.5, 0.6) is 0 Å². The molecule has 0 bridgehead atoms. The average Bonchev–Trinajstić information content (AvgIpc) is 1.98. The number of amides is 1. The molecule has 2 N–H and O–H groups in total. The van der Waals surface area contributed by atoms with E-state index in [0.717, 1.165) is 0 Å². The summed E-state index contributed by atoms with van der Waals surface area (Å²) < 4.78 is 9.80. The Labute approximate surface area is 94.9 Å². The number of methoxy groups -OCH3 is 1. The first kappa shape index (κ1) is 14.7. The zero-order valence-corrected chi connectivity index (χ0v) is 10.1. The molecule has 0 aromatic rings. The van der Waals surface area contributed by atoms with Crippen LogP contribution in [-0.2, 0) is 14.3 Å². The van der Waals surface area contributed by atoms with Gasteiger partial charge in [-0.25, -0.2) is 4.79 Å². The van der Waals surface area contributed by atoms with E-state index in [1.165, 1.54) is 7.11 Å². The number of ether oxygens (including phenoxy) is 2. The second-order valence-electron chi connectivity index (χ2n) is 4.40. The van der Waals surface area contributed by atoms with Crippen molar-refractivity contribution in [2.24, 2.45) is 0 Å². The number of hydrogen-bond acceptors (Lipinski definition) is 4. The lowest BCUT2D eigenvalue weighted by Gasteiger charge is -2.22. The van der Waals surface area contributed by atoms with Crippen molar-refractivity contribution in [1.82, 2.24) is 5.32 Å². The number of hydrogen-bond donors (Lipinski definition) is 2. The Bertz CT molecular complexity index is 246. The molecule has 0 saturated carbocycles. The zero-order chi connectivity index (χ0) is 12.8. The Kier molecular flexibility index (Phi) is 5.81. The molecular weight excluding hydrogens is 214 g/mol. The summed E-state index contributed by atoms with van der Waals surface area (Å²) in [6, 6.07) is -0.586. The van der Waals surface area contributed by atoms with Gasteiger partial charge in [-0.15, -0.1) is 0 Å². The molecule has 0 aliphatic rings. The molecule has 0 aromatic carbocycles. The average molecular weight is 233 g/mol. The van der Waals surface area contributed by atoms with Gasteiger partial charge in [-0.05, 0) is 20.8 Å². The Morgan fingerprint density at radius 2 is 1.94 bits per heavy atom. The number of aliphatic carboxylic acids is 1. The predicted octanol–water partition coefficient (Wildman–Crippen LogP) is 1.00. The van der Waals surface area contributed by atoms with E-state index in [4.69, 9.17) is 14.6 Å². The molecule has 0 heterocycles. The molecule has 94 valence electrons. The van der Waals surface area contributed by atoms with Crippen LogP contribution < -0.4 is 5.32 Å². The van der Waals surface area contributed by atoms with Gasteiger partial charge in [0, 0.05) is 7.11 Å². The number of carbonyl (C=O) groups excluding carboxylic acids is 1. The third-order valence-electron chi connectivity index (χ3n) is 1.51. The van der Waals surface area contributed by atoms with Crippen LogP contribution in [0.15, 0.2) is 0 Å². The Hall–Kier alpha value is -1.30. The highest BCUT2D eigenvalue weighted by molar-refractivity contribution is 5.71. The fourth-order valence-corrected chi connectivity index (χ4v) is 1.04. The van der Waals surface area contributed by atoms with Gasteiger partial charge in [0.15, 0.2) is 0 Å². The quantitative estimate of drug-likeness (QED) is 0.740. The normalized spacial score (nSPS) is 13.0. The maximum absolute atomic E-state index is 11.3. The minimum Gasteiger partial charge on any atom is -0.481 e. The summed E-state index contributed by atoms with van der Waals surface area (Å²) in [6.07, 6.45) is -0.844. The summed E-state index contributed by atoms with van der Waals surface area (Å²) in [5.41, 5.74) is -0.606. The van der Waals surface area contributed by atoms with Crippen molar-refractivity contribution in [3.8, 4) is 0 Å². The van der Waals surface area contributed by atoms with Gasteiger partial charge in [0.1, 0.15) is 5.60 Å². The van der Waals surface area contributed by atoms with E-state index < -0.39 is 23.7 Å². The molecule has 6 nitrogen and oxygen atoms in total. The van der Waals surface area contributed by atoms with Gasteiger partial charge < -0.3 is 19.9 Å². The van der Waals surface area contributed by atoms with E-state index >= 15 is 0 Å². The molecule has 0 spiro atoms. The maximum atomic E-state index is 11.3. The molecule has 6 heteroatoms. The van der Waals surface area contributed by atoms with Gasteiger partial charge in [-0.3, -0.25) is 4.79 Å². The number of rotatable bonds is 5. The second kappa shape index (κ2) is 6.32. The molecule has 0 radical (unpaired) electrons. The van der Waals surface area contributed by atoms with Crippen molar-refractivity contribution in [1.29, 1.82) is 0 Å². The van der Waals surface area contributed by atoms with Crippen molar-refractivity contribution in [2.75, 3.05) is 13.7 Å². The molecule has 1 atom stereocenters. The Balaban J connectivity index is 4.17. The van der Waals surface area contributed by atoms with Gasteiger partial charge in [0.05, 0.1) is 19.1 Å². The fraction of sp³-hybridized carbons (Fsp3) is 0.800. The highest BCUT2D eigenvalue weighted by atomic mass is 16.6. The van der Waals surface area contributed by atoms with Crippen molar-refractivity contribution in [3.63, 3.8) is 0 Å². The Morgan fingerprint density at radius 1 is 1.38 bits per heavy atom. The summed E-state index contributed by atoms with van der Waals surface area (Å²) in [5, 5.41) is 11.0. The first-order chi connectivity index (χ1) is 7.24. The number of carboxylic acid groups (broad SMARTS) is 1. The fourth-order valence-electron chi connectivity index (χ4n) is 1.04. The predicted molar refractivity (Wildman–Crippen MR) is 57.3 cm³/mol. The van der Waals surface area contributed by atoms with Gasteiger partial charge in [-0.1, -0.05) is 0 Å². The lowest BCUT2D eigenvalue weighted by atomic mass is 10.2. The van der Waals surface area contributed by atoms with Crippen LogP contribution in [0.3, 0.4) is 0 Å². The van der Waals surface area contributed by atoms with E-state index in [1.807, 2.05) is 0 Å². The third kappa shape index (κ3) is 8.05. The van der Waals surface area contributed by atoms with Crippen LogP contribution in [0.4, 0.5) is 4.79 Å². The van der Waals surface area contributed by atoms with Crippen LogP contribution in [0.25, 0.3) is 0 Å². The van der Waals surface area contributed by atoms with E-state index in [-0.39, 0.29) is 13.0 Å². The summed E-state index contributed by atoms with van der Waals surface area (Å²) in [6.45, 7) is 5.32. The van der Waals surface area contributed by atoms with Crippen LogP contribution in [-0.4, -0.2) is 42.5 Å². The Morgan fingerprint density at radius 3 is 2.31 bits per heavy atom. The molecule has 0 aliphatic heterocycles. The van der Waals surface area contributed by atoms with Gasteiger partial charge in [0.25, 0.3) is 0 Å². The first-order valence-corrected chi connectivity index (χ1v) is 4.95. The monoisotopic (exact) mass is 233 g/mol. The number of carboxylic acids is 1. The van der Waals surface area contributed by atoms with Crippen molar-refractivity contribution >= 4 is 12.1 Å². The lowest BCUT2D eigenvalue weighted by molar-refractivity contribution is -0.137. The van der Waals surface area contributed by atoms with Gasteiger partial charge in [-0.2, -0.15) is 0 Å². The van der Waals surface area contributed by atoms with Crippen LogP contribution in [0.2, 0.25) is 0 Å². The molecule has 0 rings (SSSR count). The number of carbonyl (C=O) groups is 2. The summed E-state index contributed by atoms with van der Waals surface area (Å²) in [7, 11) is 1.44.